The minimum absolute atomic E-state index is 0.0980. The van der Waals surface area contributed by atoms with Crippen LogP contribution in [0.3, 0.4) is 0 Å². The van der Waals surface area contributed by atoms with E-state index in [0.29, 0.717) is 0 Å². The molecule has 1 atom stereocenters. The third-order valence-corrected chi connectivity index (χ3v) is 2.69. The number of alkyl halides is 3. The zero-order valence-electron chi connectivity index (χ0n) is 10.4. The number of hydrogen-bond donors (Lipinski definition) is 2. The van der Waals surface area contributed by atoms with Gasteiger partial charge in [0.05, 0.1) is 6.04 Å². The predicted molar refractivity (Wildman–Crippen MR) is 68.9 cm³/mol. The number of nitrogens with one attached hydrogen (secondary N) is 1. The van der Waals surface area contributed by atoms with E-state index in [4.69, 9.17) is 5.73 Å². The zero-order chi connectivity index (χ0) is 14.6. The lowest BCUT2D eigenvalue weighted by atomic mass is 10.1. The summed E-state index contributed by atoms with van der Waals surface area (Å²) in [6.45, 7) is 0.212. The molecule has 0 radical (unpaired) electrons. The predicted octanol–water partition coefficient (Wildman–Crippen LogP) is 2.61. The quantitative estimate of drug-likeness (QED) is 0.904. The summed E-state index contributed by atoms with van der Waals surface area (Å²) in [7, 11) is 0. The van der Waals surface area contributed by atoms with Gasteiger partial charge in [-0.1, -0.05) is 30.3 Å². The van der Waals surface area contributed by atoms with Gasteiger partial charge in [-0.3, -0.25) is 0 Å². The average Bonchev–Trinajstić information content (AvgIpc) is 2.45. The molecule has 4 nitrogen and oxygen atoms in total. The lowest BCUT2D eigenvalue weighted by molar-refractivity contribution is -0.141. The van der Waals surface area contributed by atoms with Crippen molar-refractivity contribution in [2.75, 3.05) is 11.9 Å². The number of aromatic nitrogens is 2. The van der Waals surface area contributed by atoms with E-state index in [-0.39, 0.29) is 18.5 Å². The van der Waals surface area contributed by atoms with Crippen molar-refractivity contribution in [2.24, 2.45) is 5.73 Å². The van der Waals surface area contributed by atoms with Gasteiger partial charge >= 0.3 is 6.18 Å². The summed E-state index contributed by atoms with van der Waals surface area (Å²) in [6, 6.07) is 9.64. The summed E-state index contributed by atoms with van der Waals surface area (Å²) in [6.07, 6.45) is -3.43. The third kappa shape index (κ3) is 3.45. The largest absolute Gasteiger partial charge is 0.433 e. The first-order valence-corrected chi connectivity index (χ1v) is 5.92. The van der Waals surface area contributed by atoms with Gasteiger partial charge in [-0.2, -0.15) is 13.2 Å². The van der Waals surface area contributed by atoms with Gasteiger partial charge in [0.15, 0.2) is 0 Å². The van der Waals surface area contributed by atoms with Crippen LogP contribution < -0.4 is 11.1 Å². The molecule has 106 valence electrons. The van der Waals surface area contributed by atoms with E-state index in [1.54, 1.807) is 0 Å². The first-order valence-electron chi connectivity index (χ1n) is 5.92. The normalized spacial score (nSPS) is 13.0. The van der Waals surface area contributed by atoms with Crippen molar-refractivity contribution in [3.05, 3.63) is 53.9 Å². The Hall–Kier alpha value is -2.15. The maximum absolute atomic E-state index is 12.6. The topological polar surface area (TPSA) is 63.8 Å². The van der Waals surface area contributed by atoms with Crippen LogP contribution in [0.15, 0.2) is 42.6 Å². The Bertz CT molecular complexity index is 557. The molecule has 0 bridgehead atoms. The van der Waals surface area contributed by atoms with E-state index < -0.39 is 11.9 Å². The Morgan fingerprint density at radius 1 is 1.15 bits per heavy atom. The number of rotatable bonds is 4. The molecule has 0 aliphatic carbocycles. The molecule has 1 unspecified atom stereocenters. The van der Waals surface area contributed by atoms with Crippen molar-refractivity contribution < 1.29 is 13.2 Å². The molecule has 1 aromatic carbocycles. The summed E-state index contributed by atoms with van der Waals surface area (Å²) >= 11 is 0. The molecule has 0 fully saturated rings. The summed E-state index contributed by atoms with van der Waals surface area (Å²) in [5, 5.41) is 2.81. The SMILES string of the molecule is NCC(Nc1nccc(C(F)(F)F)n1)c1ccccc1. The zero-order valence-corrected chi connectivity index (χ0v) is 10.4. The molecule has 0 saturated heterocycles. The van der Waals surface area contributed by atoms with Gasteiger partial charge in [0.25, 0.3) is 0 Å². The molecule has 20 heavy (non-hydrogen) atoms. The number of nitrogens with zero attached hydrogens (tertiary/aromatic N) is 2. The highest BCUT2D eigenvalue weighted by atomic mass is 19.4. The maximum Gasteiger partial charge on any atom is 0.433 e. The monoisotopic (exact) mass is 282 g/mol. The number of halogens is 3. The molecule has 1 aromatic heterocycles. The van der Waals surface area contributed by atoms with Crippen LogP contribution in [0.1, 0.15) is 17.3 Å². The molecular weight excluding hydrogens is 269 g/mol. The summed E-state index contributed by atoms with van der Waals surface area (Å²) < 4.78 is 37.7. The van der Waals surface area contributed by atoms with Gasteiger partial charge in [-0.15, -0.1) is 0 Å². The fourth-order valence-corrected chi connectivity index (χ4v) is 1.71. The standard InChI is InChI=1S/C13H13F3N4/c14-13(15,16)11-6-7-18-12(20-11)19-10(8-17)9-4-2-1-3-5-9/h1-7,10H,8,17H2,(H,18,19,20). The second kappa shape index (κ2) is 5.87. The van der Waals surface area contributed by atoms with Crippen LogP contribution in [0.5, 0.6) is 0 Å². The van der Waals surface area contributed by atoms with E-state index in [9.17, 15) is 13.2 Å². The van der Waals surface area contributed by atoms with Crippen molar-refractivity contribution >= 4 is 5.95 Å². The average molecular weight is 282 g/mol. The van der Waals surface area contributed by atoms with Crippen molar-refractivity contribution in [1.29, 1.82) is 0 Å². The summed E-state index contributed by atoms with van der Waals surface area (Å²) in [5.41, 5.74) is 5.51. The molecule has 0 aliphatic heterocycles. The highest BCUT2D eigenvalue weighted by molar-refractivity contribution is 5.33. The first-order chi connectivity index (χ1) is 9.50. The van der Waals surface area contributed by atoms with Crippen LogP contribution in [0.25, 0.3) is 0 Å². The minimum atomic E-state index is -4.50. The van der Waals surface area contributed by atoms with Crippen LogP contribution in [0.2, 0.25) is 0 Å². The fraction of sp³-hybridized carbons (Fsp3) is 0.231. The molecular formula is C13H13F3N4. The Morgan fingerprint density at radius 3 is 2.45 bits per heavy atom. The van der Waals surface area contributed by atoms with Crippen LogP contribution in [0, 0.1) is 0 Å². The Labute approximate surface area is 113 Å². The molecule has 0 aliphatic rings. The Balaban J connectivity index is 2.20. The summed E-state index contributed by atoms with van der Waals surface area (Å²) in [5.74, 6) is -0.0980. The van der Waals surface area contributed by atoms with Crippen LogP contribution in [-0.2, 0) is 6.18 Å². The number of benzene rings is 1. The van der Waals surface area contributed by atoms with Crippen LogP contribution in [-0.4, -0.2) is 16.5 Å². The van der Waals surface area contributed by atoms with Gasteiger partial charge < -0.3 is 11.1 Å². The maximum atomic E-state index is 12.6. The lowest BCUT2D eigenvalue weighted by Gasteiger charge is -2.17. The van der Waals surface area contributed by atoms with Crippen LogP contribution >= 0.6 is 0 Å². The molecule has 7 heteroatoms. The van der Waals surface area contributed by atoms with Gasteiger partial charge in [0, 0.05) is 12.7 Å². The van der Waals surface area contributed by atoms with Crippen molar-refractivity contribution in [3.63, 3.8) is 0 Å². The van der Waals surface area contributed by atoms with Gasteiger partial charge in [0.1, 0.15) is 5.69 Å². The summed E-state index contributed by atoms with van der Waals surface area (Å²) in [4.78, 5) is 7.24. The van der Waals surface area contributed by atoms with Crippen molar-refractivity contribution in [3.8, 4) is 0 Å². The number of anilines is 1. The third-order valence-electron chi connectivity index (χ3n) is 2.69. The van der Waals surface area contributed by atoms with E-state index in [0.717, 1.165) is 17.8 Å². The second-order valence-corrected chi connectivity index (χ2v) is 4.11. The molecule has 0 spiro atoms. The molecule has 3 N–H and O–H groups in total. The molecule has 2 rings (SSSR count). The van der Waals surface area contributed by atoms with Gasteiger partial charge in [-0.05, 0) is 11.6 Å². The molecule has 1 heterocycles. The van der Waals surface area contributed by atoms with Crippen molar-refractivity contribution in [1.82, 2.24) is 9.97 Å². The fourth-order valence-electron chi connectivity index (χ4n) is 1.71. The number of hydrogen-bond acceptors (Lipinski definition) is 4. The first kappa shape index (κ1) is 14.3. The Kier molecular flexibility index (Phi) is 4.19. The highest BCUT2D eigenvalue weighted by Gasteiger charge is 2.32. The highest BCUT2D eigenvalue weighted by Crippen LogP contribution is 2.28. The Morgan fingerprint density at radius 2 is 1.85 bits per heavy atom. The lowest BCUT2D eigenvalue weighted by Crippen LogP contribution is -2.22. The van der Waals surface area contributed by atoms with E-state index in [2.05, 4.69) is 15.3 Å². The molecule has 2 aromatic rings. The van der Waals surface area contributed by atoms with Gasteiger partial charge in [0.2, 0.25) is 5.95 Å². The second-order valence-electron chi connectivity index (χ2n) is 4.11. The smallest absolute Gasteiger partial charge is 0.346 e. The van der Waals surface area contributed by atoms with E-state index >= 15 is 0 Å². The van der Waals surface area contributed by atoms with E-state index in [1.807, 2.05) is 30.3 Å². The molecule has 0 saturated carbocycles. The van der Waals surface area contributed by atoms with Gasteiger partial charge in [-0.25, -0.2) is 9.97 Å². The van der Waals surface area contributed by atoms with E-state index in [1.165, 1.54) is 0 Å². The van der Waals surface area contributed by atoms with Crippen LogP contribution in [0.4, 0.5) is 19.1 Å². The number of nitrogens with two attached hydrogens (primary N) is 1. The minimum Gasteiger partial charge on any atom is -0.346 e. The molecule has 0 amide bonds. The van der Waals surface area contributed by atoms with Crippen molar-refractivity contribution in [2.45, 2.75) is 12.2 Å².